The molecule has 3 rings (SSSR count). The van der Waals surface area contributed by atoms with Crippen molar-refractivity contribution in [2.24, 2.45) is 5.92 Å². The topological polar surface area (TPSA) is 93.0 Å². The van der Waals surface area contributed by atoms with Crippen molar-refractivity contribution in [3.8, 4) is 0 Å². The summed E-state index contributed by atoms with van der Waals surface area (Å²) in [7, 11) is -0.399. The lowest BCUT2D eigenvalue weighted by Crippen LogP contribution is -2.43. The molecule has 0 saturated carbocycles. The van der Waals surface area contributed by atoms with Gasteiger partial charge in [-0.1, -0.05) is 11.6 Å². The first-order valence-electron chi connectivity index (χ1n) is 7.69. The normalized spacial score (nSPS) is 21.1. The van der Waals surface area contributed by atoms with Crippen molar-refractivity contribution >= 4 is 33.2 Å². The Kier molecular flexibility index (Phi) is 5.01. The lowest BCUT2D eigenvalue weighted by Gasteiger charge is -2.20. The minimum atomic E-state index is -3.37. The number of nitrogens with one attached hydrogen (secondary N) is 1. The van der Waals surface area contributed by atoms with Gasteiger partial charge in [-0.05, 0) is 12.1 Å². The number of hydrogen-bond acceptors (Lipinski definition) is 5. The van der Waals surface area contributed by atoms with Crippen LogP contribution in [0.2, 0.25) is 5.02 Å². The summed E-state index contributed by atoms with van der Waals surface area (Å²) >= 11 is 5.92. The van der Waals surface area contributed by atoms with Gasteiger partial charge in [0, 0.05) is 32.4 Å². The lowest BCUT2D eigenvalue weighted by atomic mass is 10.1. The van der Waals surface area contributed by atoms with Crippen molar-refractivity contribution in [3.63, 3.8) is 0 Å². The molecule has 0 radical (unpaired) electrons. The monoisotopic (exact) mass is 386 g/mol. The molecule has 1 N–H and O–H groups in total. The fourth-order valence-corrected chi connectivity index (χ4v) is 3.99. The molecule has 2 aromatic heterocycles. The molecule has 0 spiro atoms. The highest BCUT2D eigenvalue weighted by atomic mass is 35.5. The van der Waals surface area contributed by atoms with Crippen LogP contribution in [0.15, 0.2) is 24.5 Å². The van der Waals surface area contributed by atoms with Crippen molar-refractivity contribution in [2.45, 2.75) is 6.04 Å². The molecular weight excluding hydrogens is 368 g/mol. The third kappa shape index (κ3) is 3.95. The van der Waals surface area contributed by atoms with Crippen LogP contribution in [0.3, 0.4) is 0 Å². The third-order valence-electron chi connectivity index (χ3n) is 4.14. The van der Waals surface area contributed by atoms with E-state index in [1.54, 1.807) is 28.9 Å². The number of rotatable bonds is 5. The van der Waals surface area contributed by atoms with Crippen molar-refractivity contribution in [2.75, 3.05) is 33.1 Å². The number of carbonyl (C=O) groups excluding carboxylic acids is 1. The van der Waals surface area contributed by atoms with E-state index in [9.17, 15) is 13.2 Å². The van der Waals surface area contributed by atoms with Crippen LogP contribution in [0.5, 0.6) is 0 Å². The average Bonchev–Trinajstić information content (AvgIpc) is 3.13. The molecule has 25 heavy (non-hydrogen) atoms. The van der Waals surface area contributed by atoms with E-state index in [0.717, 1.165) is 0 Å². The van der Waals surface area contributed by atoms with Gasteiger partial charge in [-0.2, -0.15) is 0 Å². The van der Waals surface area contributed by atoms with Crippen LogP contribution in [-0.2, 0) is 14.8 Å². The van der Waals surface area contributed by atoms with E-state index in [1.165, 1.54) is 18.4 Å². The Morgan fingerprint density at radius 1 is 1.40 bits per heavy atom. The number of imidazole rings is 1. The molecule has 2 aromatic rings. The zero-order valence-corrected chi connectivity index (χ0v) is 15.4. The van der Waals surface area contributed by atoms with Crippen LogP contribution < -0.4 is 5.32 Å². The zero-order valence-electron chi connectivity index (χ0n) is 13.8. The van der Waals surface area contributed by atoms with Gasteiger partial charge in [-0.3, -0.25) is 4.79 Å². The second kappa shape index (κ2) is 6.91. The number of halogens is 1. The number of carbonyl (C=O) groups is 1. The highest BCUT2D eigenvalue weighted by Gasteiger charge is 2.34. The van der Waals surface area contributed by atoms with Crippen molar-refractivity contribution < 1.29 is 17.9 Å². The summed E-state index contributed by atoms with van der Waals surface area (Å²) in [6.07, 6.45) is 3.24. The molecule has 136 valence electrons. The van der Waals surface area contributed by atoms with Gasteiger partial charge < -0.3 is 14.5 Å². The van der Waals surface area contributed by atoms with Crippen LogP contribution in [0.25, 0.3) is 5.65 Å². The van der Waals surface area contributed by atoms with E-state index in [4.69, 9.17) is 16.3 Å². The van der Waals surface area contributed by atoms with Gasteiger partial charge in [-0.25, -0.2) is 17.7 Å². The number of hydrogen-bond donors (Lipinski definition) is 1. The van der Waals surface area contributed by atoms with Crippen LogP contribution in [0, 0.1) is 5.92 Å². The highest BCUT2D eigenvalue weighted by Crippen LogP contribution is 2.18. The number of ether oxygens (including phenoxy) is 1. The summed E-state index contributed by atoms with van der Waals surface area (Å²) in [5, 5.41) is 3.36. The summed E-state index contributed by atoms with van der Waals surface area (Å²) in [6, 6.07) is 3.03. The minimum Gasteiger partial charge on any atom is -0.379 e. The molecule has 3 heterocycles. The summed E-state index contributed by atoms with van der Waals surface area (Å²) in [6.45, 7) is 0.567. The number of fused-ring (bicyclic) bond motifs is 1. The van der Waals surface area contributed by atoms with Gasteiger partial charge in [0.15, 0.2) is 0 Å². The quantitative estimate of drug-likeness (QED) is 0.813. The van der Waals surface area contributed by atoms with Crippen LogP contribution >= 0.6 is 11.6 Å². The maximum Gasteiger partial charge on any atom is 0.271 e. The van der Waals surface area contributed by atoms with E-state index in [2.05, 4.69) is 10.3 Å². The molecule has 0 bridgehead atoms. The second-order valence-electron chi connectivity index (χ2n) is 6.18. The predicted molar refractivity (Wildman–Crippen MR) is 93.2 cm³/mol. The standard InChI is InChI=1S/C15H19ClN4O4S/c1-19(2)25(22,23)9-10-7-24-8-13(10)18-15(21)12-6-20-5-11(16)3-4-14(20)17-12/h3-6,10,13H,7-9H2,1-2H3,(H,18,21)/t10-,13+/m0/s1. The number of amides is 1. The Hall–Kier alpha value is -1.68. The predicted octanol–water partition coefficient (Wildman–Crippen LogP) is 0.624. The molecular formula is C15H19ClN4O4S. The maximum absolute atomic E-state index is 12.5. The molecule has 2 atom stereocenters. The summed E-state index contributed by atoms with van der Waals surface area (Å²) in [5.41, 5.74) is 0.840. The third-order valence-corrected chi connectivity index (χ3v) is 6.33. The van der Waals surface area contributed by atoms with Gasteiger partial charge >= 0.3 is 0 Å². The Balaban J connectivity index is 1.72. The average molecular weight is 387 g/mol. The smallest absolute Gasteiger partial charge is 0.271 e. The molecule has 0 aliphatic carbocycles. The molecule has 1 fully saturated rings. The van der Waals surface area contributed by atoms with Crippen molar-refractivity contribution in [1.29, 1.82) is 0 Å². The Bertz CT molecular complexity index is 896. The zero-order chi connectivity index (χ0) is 18.2. The molecule has 1 amide bonds. The van der Waals surface area contributed by atoms with Crippen LogP contribution in [0.4, 0.5) is 0 Å². The first kappa shape index (κ1) is 18.1. The van der Waals surface area contributed by atoms with Gasteiger partial charge in [0.1, 0.15) is 11.3 Å². The second-order valence-corrected chi connectivity index (χ2v) is 8.84. The van der Waals surface area contributed by atoms with E-state index in [1.807, 2.05) is 0 Å². The van der Waals surface area contributed by atoms with Crippen LogP contribution in [0.1, 0.15) is 10.5 Å². The highest BCUT2D eigenvalue weighted by molar-refractivity contribution is 7.89. The molecule has 0 unspecified atom stereocenters. The minimum absolute atomic E-state index is 0.0777. The largest absolute Gasteiger partial charge is 0.379 e. The first-order chi connectivity index (χ1) is 11.8. The first-order valence-corrected chi connectivity index (χ1v) is 9.68. The Labute approximate surface area is 150 Å². The molecule has 1 aliphatic rings. The molecule has 1 saturated heterocycles. The molecule has 8 nitrogen and oxygen atoms in total. The Morgan fingerprint density at radius 2 is 2.16 bits per heavy atom. The SMILES string of the molecule is CN(C)S(=O)(=O)C[C@@H]1COC[C@H]1NC(=O)c1cn2cc(Cl)ccc2n1. The number of pyridine rings is 1. The van der Waals surface area contributed by atoms with E-state index in [-0.39, 0.29) is 35.9 Å². The fraction of sp³-hybridized carbons (Fsp3) is 0.467. The van der Waals surface area contributed by atoms with E-state index >= 15 is 0 Å². The fourth-order valence-electron chi connectivity index (χ4n) is 2.66. The lowest BCUT2D eigenvalue weighted by molar-refractivity contribution is 0.0921. The Morgan fingerprint density at radius 3 is 2.88 bits per heavy atom. The van der Waals surface area contributed by atoms with Gasteiger partial charge in [-0.15, -0.1) is 0 Å². The van der Waals surface area contributed by atoms with E-state index < -0.39 is 10.0 Å². The molecule has 10 heteroatoms. The number of nitrogens with zero attached hydrogens (tertiary/aromatic N) is 3. The van der Waals surface area contributed by atoms with Gasteiger partial charge in [0.2, 0.25) is 10.0 Å². The van der Waals surface area contributed by atoms with Crippen molar-refractivity contribution in [1.82, 2.24) is 19.0 Å². The van der Waals surface area contributed by atoms with Gasteiger partial charge in [0.05, 0.1) is 30.0 Å². The van der Waals surface area contributed by atoms with Crippen molar-refractivity contribution in [3.05, 3.63) is 35.2 Å². The maximum atomic E-state index is 12.5. The summed E-state index contributed by atoms with van der Waals surface area (Å²) in [5.74, 6) is -0.753. The van der Waals surface area contributed by atoms with Crippen LogP contribution in [-0.4, -0.2) is 67.1 Å². The number of aromatic nitrogens is 2. The molecule has 0 aromatic carbocycles. The molecule has 1 aliphatic heterocycles. The summed E-state index contributed by atoms with van der Waals surface area (Å²) < 4.78 is 32.3. The summed E-state index contributed by atoms with van der Waals surface area (Å²) in [4.78, 5) is 16.7. The van der Waals surface area contributed by atoms with E-state index in [0.29, 0.717) is 17.3 Å². The van der Waals surface area contributed by atoms with Gasteiger partial charge in [0.25, 0.3) is 5.91 Å². The number of sulfonamides is 1.